The van der Waals surface area contributed by atoms with Gasteiger partial charge in [0.2, 0.25) is 0 Å². The van der Waals surface area contributed by atoms with Crippen molar-refractivity contribution in [1.82, 2.24) is 0 Å². The molecule has 0 bridgehead atoms. The number of anilines is 1. The summed E-state index contributed by atoms with van der Waals surface area (Å²) in [5.41, 5.74) is 4.12. The molecule has 32 heavy (non-hydrogen) atoms. The van der Waals surface area contributed by atoms with Crippen LogP contribution in [-0.2, 0) is 4.74 Å². The van der Waals surface area contributed by atoms with Gasteiger partial charge in [-0.2, -0.15) is 0 Å². The van der Waals surface area contributed by atoms with Gasteiger partial charge in [0.1, 0.15) is 19.0 Å². The zero-order chi connectivity index (χ0) is 22.8. The molecule has 162 valence electrons. The van der Waals surface area contributed by atoms with E-state index in [4.69, 9.17) is 9.47 Å². The van der Waals surface area contributed by atoms with Crippen LogP contribution in [0.4, 0.5) is 5.69 Å². The molecule has 1 aliphatic heterocycles. The number of imide groups is 1. The number of amides is 2. The summed E-state index contributed by atoms with van der Waals surface area (Å²) < 4.78 is 10.8. The molecular formula is C26H23NO5. The highest BCUT2D eigenvalue weighted by atomic mass is 16.6. The molecule has 1 heterocycles. The molecule has 3 aromatic rings. The van der Waals surface area contributed by atoms with E-state index in [-0.39, 0.29) is 29.9 Å². The standard InChI is InChI=1S/C26H23NO5/c1-16-5-9-20(10-6-16)31-12-13-32-26(30)19-8-11-21-22(15-19)25(29)27(24(21)28)23-14-17(2)4-7-18(23)3/h4-11,14-15H,12-13H2,1-3H3. The predicted molar refractivity (Wildman–Crippen MR) is 120 cm³/mol. The van der Waals surface area contributed by atoms with E-state index in [9.17, 15) is 14.4 Å². The van der Waals surface area contributed by atoms with Crippen molar-refractivity contribution in [3.8, 4) is 5.75 Å². The van der Waals surface area contributed by atoms with E-state index in [1.807, 2.05) is 57.2 Å². The summed E-state index contributed by atoms with van der Waals surface area (Å²) >= 11 is 0. The van der Waals surface area contributed by atoms with Crippen molar-refractivity contribution in [2.75, 3.05) is 18.1 Å². The van der Waals surface area contributed by atoms with Crippen LogP contribution in [-0.4, -0.2) is 31.0 Å². The number of hydrogen-bond donors (Lipinski definition) is 0. The molecule has 0 saturated heterocycles. The highest BCUT2D eigenvalue weighted by Gasteiger charge is 2.38. The minimum atomic E-state index is -0.578. The highest BCUT2D eigenvalue weighted by Crippen LogP contribution is 2.31. The number of aryl methyl sites for hydroxylation is 3. The first kappa shape index (κ1) is 21.3. The van der Waals surface area contributed by atoms with Crippen molar-refractivity contribution in [2.24, 2.45) is 0 Å². The average molecular weight is 429 g/mol. The molecule has 0 aromatic heterocycles. The van der Waals surface area contributed by atoms with Crippen LogP contribution in [0.2, 0.25) is 0 Å². The molecule has 1 aliphatic rings. The minimum Gasteiger partial charge on any atom is -0.490 e. The Bertz CT molecular complexity index is 1210. The summed E-state index contributed by atoms with van der Waals surface area (Å²) in [6.45, 7) is 6.00. The topological polar surface area (TPSA) is 72.9 Å². The van der Waals surface area contributed by atoms with E-state index in [2.05, 4.69) is 0 Å². The lowest BCUT2D eigenvalue weighted by Gasteiger charge is -2.17. The molecule has 0 spiro atoms. The Morgan fingerprint density at radius 2 is 1.47 bits per heavy atom. The highest BCUT2D eigenvalue weighted by molar-refractivity contribution is 6.35. The van der Waals surface area contributed by atoms with Gasteiger partial charge in [0.05, 0.1) is 22.4 Å². The van der Waals surface area contributed by atoms with Gasteiger partial charge >= 0.3 is 5.97 Å². The normalized spacial score (nSPS) is 12.7. The number of fused-ring (bicyclic) bond motifs is 1. The molecule has 0 aliphatic carbocycles. The lowest BCUT2D eigenvalue weighted by molar-refractivity contribution is 0.0450. The number of ether oxygens (including phenoxy) is 2. The number of rotatable bonds is 6. The molecule has 0 saturated carbocycles. The quantitative estimate of drug-likeness (QED) is 0.324. The Kier molecular flexibility index (Phi) is 5.77. The van der Waals surface area contributed by atoms with Crippen molar-refractivity contribution in [3.63, 3.8) is 0 Å². The molecule has 0 N–H and O–H groups in total. The fourth-order valence-electron chi connectivity index (χ4n) is 3.56. The van der Waals surface area contributed by atoms with Gasteiger partial charge in [0.15, 0.2) is 0 Å². The lowest BCUT2D eigenvalue weighted by Crippen LogP contribution is -2.30. The first-order chi connectivity index (χ1) is 15.3. The SMILES string of the molecule is Cc1ccc(OCCOC(=O)c2ccc3c(c2)C(=O)N(c2cc(C)ccc2C)C3=O)cc1. The van der Waals surface area contributed by atoms with E-state index in [1.54, 1.807) is 6.07 Å². The fourth-order valence-corrected chi connectivity index (χ4v) is 3.56. The van der Waals surface area contributed by atoms with Gasteiger partial charge in [-0.1, -0.05) is 29.8 Å². The maximum atomic E-state index is 13.0. The first-order valence-corrected chi connectivity index (χ1v) is 10.3. The second-order valence-electron chi connectivity index (χ2n) is 7.79. The van der Waals surface area contributed by atoms with Crippen LogP contribution < -0.4 is 9.64 Å². The fraction of sp³-hybridized carbons (Fsp3) is 0.192. The van der Waals surface area contributed by atoms with Gasteiger partial charge in [0.25, 0.3) is 11.8 Å². The molecule has 0 unspecified atom stereocenters. The third kappa shape index (κ3) is 4.12. The number of benzene rings is 3. The summed E-state index contributed by atoms with van der Waals surface area (Å²) in [5.74, 6) is -0.730. The number of carbonyl (C=O) groups excluding carboxylic acids is 3. The molecule has 0 radical (unpaired) electrons. The van der Waals surface area contributed by atoms with E-state index in [1.165, 1.54) is 18.2 Å². The summed E-state index contributed by atoms with van der Waals surface area (Å²) in [7, 11) is 0. The summed E-state index contributed by atoms with van der Waals surface area (Å²) in [5, 5.41) is 0. The van der Waals surface area contributed by atoms with Gasteiger partial charge in [-0.25, -0.2) is 9.69 Å². The van der Waals surface area contributed by atoms with E-state index >= 15 is 0 Å². The Hall–Kier alpha value is -3.93. The van der Waals surface area contributed by atoms with Crippen LogP contribution in [0.3, 0.4) is 0 Å². The van der Waals surface area contributed by atoms with Crippen molar-refractivity contribution >= 4 is 23.5 Å². The molecule has 6 heteroatoms. The van der Waals surface area contributed by atoms with Gasteiger partial charge < -0.3 is 9.47 Å². The number of carbonyl (C=O) groups is 3. The van der Waals surface area contributed by atoms with Gasteiger partial charge in [-0.15, -0.1) is 0 Å². The average Bonchev–Trinajstić information content (AvgIpc) is 3.03. The van der Waals surface area contributed by atoms with Crippen LogP contribution in [0.25, 0.3) is 0 Å². The molecule has 6 nitrogen and oxygen atoms in total. The lowest BCUT2D eigenvalue weighted by atomic mass is 10.1. The molecular weight excluding hydrogens is 406 g/mol. The Balaban J connectivity index is 1.44. The zero-order valence-corrected chi connectivity index (χ0v) is 18.2. The number of hydrogen-bond acceptors (Lipinski definition) is 5. The van der Waals surface area contributed by atoms with Crippen molar-refractivity contribution in [1.29, 1.82) is 0 Å². The molecule has 2 amide bonds. The van der Waals surface area contributed by atoms with Gasteiger partial charge in [0, 0.05) is 0 Å². The van der Waals surface area contributed by atoms with Crippen LogP contribution >= 0.6 is 0 Å². The molecule has 0 atom stereocenters. The second-order valence-corrected chi connectivity index (χ2v) is 7.79. The minimum absolute atomic E-state index is 0.0608. The number of esters is 1. The third-order valence-electron chi connectivity index (χ3n) is 5.33. The Morgan fingerprint density at radius 3 is 2.22 bits per heavy atom. The zero-order valence-electron chi connectivity index (χ0n) is 18.2. The Labute approximate surface area is 186 Å². The summed E-state index contributed by atoms with van der Waals surface area (Å²) in [4.78, 5) is 39.5. The van der Waals surface area contributed by atoms with Crippen LogP contribution in [0.15, 0.2) is 60.7 Å². The monoisotopic (exact) mass is 429 g/mol. The predicted octanol–water partition coefficient (Wildman–Crippen LogP) is 4.65. The van der Waals surface area contributed by atoms with E-state index < -0.39 is 17.8 Å². The van der Waals surface area contributed by atoms with Crippen LogP contribution in [0.5, 0.6) is 5.75 Å². The first-order valence-electron chi connectivity index (χ1n) is 10.3. The third-order valence-corrected chi connectivity index (χ3v) is 5.33. The largest absolute Gasteiger partial charge is 0.490 e. The van der Waals surface area contributed by atoms with Crippen molar-refractivity contribution in [3.05, 3.63) is 94.0 Å². The van der Waals surface area contributed by atoms with Crippen LogP contribution in [0.1, 0.15) is 47.8 Å². The number of nitrogens with zero attached hydrogens (tertiary/aromatic N) is 1. The van der Waals surface area contributed by atoms with Crippen molar-refractivity contribution < 1.29 is 23.9 Å². The summed E-state index contributed by atoms with van der Waals surface area (Å²) in [6, 6.07) is 17.6. The molecule has 3 aromatic carbocycles. The van der Waals surface area contributed by atoms with Crippen molar-refractivity contribution in [2.45, 2.75) is 20.8 Å². The summed E-state index contributed by atoms with van der Waals surface area (Å²) in [6.07, 6.45) is 0. The maximum Gasteiger partial charge on any atom is 0.338 e. The molecule has 4 rings (SSSR count). The Morgan fingerprint density at radius 1 is 0.781 bits per heavy atom. The van der Waals surface area contributed by atoms with Crippen LogP contribution in [0, 0.1) is 20.8 Å². The smallest absolute Gasteiger partial charge is 0.338 e. The maximum absolute atomic E-state index is 13.0. The second kappa shape index (κ2) is 8.67. The van der Waals surface area contributed by atoms with E-state index in [0.29, 0.717) is 11.4 Å². The molecule has 0 fully saturated rings. The van der Waals surface area contributed by atoms with Gasteiger partial charge in [-0.3, -0.25) is 9.59 Å². The van der Waals surface area contributed by atoms with E-state index in [0.717, 1.165) is 21.6 Å². The van der Waals surface area contributed by atoms with Gasteiger partial charge in [-0.05, 0) is 68.3 Å².